The molecule has 42 valence electrons. The number of rotatable bonds is 0. The molecule has 0 N–H and O–H groups in total. The van der Waals surface area contributed by atoms with E-state index in [1.165, 1.54) is 6.42 Å². The summed E-state index contributed by atoms with van der Waals surface area (Å²) < 4.78 is 0. The zero-order valence-electron chi connectivity index (χ0n) is 4.78. The fourth-order valence-electron chi connectivity index (χ4n) is 0. The van der Waals surface area contributed by atoms with Crippen molar-refractivity contribution in [2.24, 2.45) is 0 Å². The smallest absolute Gasteiger partial charge is 0 e. The summed E-state index contributed by atoms with van der Waals surface area (Å²) in [6, 6.07) is 0. The lowest BCUT2D eigenvalue weighted by Crippen LogP contribution is -1.27. The zero-order valence-corrected chi connectivity index (χ0v) is 4.78. The molecule has 0 radical (unpaired) electrons. The van der Waals surface area contributed by atoms with Crippen LogP contribution in [0.4, 0.5) is 0 Å². The van der Waals surface area contributed by atoms with Gasteiger partial charge in [0.15, 0.2) is 0 Å². The molecule has 0 bridgehead atoms. The highest BCUT2D eigenvalue weighted by atomic mass is 13.4. The first-order valence-corrected chi connectivity index (χ1v) is 2.20. The van der Waals surface area contributed by atoms with Gasteiger partial charge in [0.2, 0.25) is 0 Å². The van der Waals surface area contributed by atoms with Crippen LogP contribution in [0, 0.1) is 12.3 Å². The van der Waals surface area contributed by atoms with Gasteiger partial charge in [-0.15, -0.1) is 12.3 Å². The summed E-state index contributed by atoms with van der Waals surface area (Å²) in [5.74, 6) is 2.25. The molecule has 0 heteroatoms. The van der Waals surface area contributed by atoms with E-state index in [0.717, 1.165) is 0 Å². The van der Waals surface area contributed by atoms with Gasteiger partial charge < -0.3 is 0 Å². The first-order valence-electron chi connectivity index (χ1n) is 2.20. The molecule has 0 aliphatic carbocycles. The van der Waals surface area contributed by atoms with Crippen molar-refractivity contribution >= 4 is 0 Å². The highest BCUT2D eigenvalue weighted by molar-refractivity contribution is 4.73. The third kappa shape index (κ3) is 121. The largest absolute Gasteiger partial charge is 0.120 e. The summed E-state index contributed by atoms with van der Waals surface area (Å²) in [4.78, 5) is 0. The highest BCUT2D eigenvalue weighted by Crippen LogP contribution is 1.56. The predicted molar refractivity (Wildman–Crippen MR) is 36.8 cm³/mol. The highest BCUT2D eigenvalue weighted by Gasteiger charge is 1.35. The second-order valence-electron chi connectivity index (χ2n) is 0.996. The summed E-state index contributed by atoms with van der Waals surface area (Å²) in [7, 11) is 0. The van der Waals surface area contributed by atoms with E-state index in [1.807, 2.05) is 0 Å². The lowest BCUT2D eigenvalue weighted by Gasteiger charge is -1.48. The molecular formula is C6H18. The van der Waals surface area contributed by atoms with Gasteiger partial charge in [0.1, 0.15) is 0 Å². The van der Waals surface area contributed by atoms with Gasteiger partial charge in [-0.1, -0.05) is 20.3 Å². The van der Waals surface area contributed by atoms with Crippen LogP contribution >= 0.6 is 0 Å². The van der Waals surface area contributed by atoms with Crippen molar-refractivity contribution in [3.63, 3.8) is 0 Å². The van der Waals surface area contributed by atoms with Crippen LogP contribution in [0.3, 0.4) is 0 Å². The Morgan fingerprint density at radius 3 is 1.67 bits per heavy atom. The van der Waals surface area contributed by atoms with Gasteiger partial charge in [-0.05, 0) is 6.92 Å². The Bertz CT molecular complexity index is 38.1. The van der Waals surface area contributed by atoms with Crippen LogP contribution in [0.25, 0.3) is 0 Å². The number of hydrogen-bond donors (Lipinski definition) is 0. The minimum absolute atomic E-state index is 0. The summed E-state index contributed by atoms with van der Waals surface area (Å²) >= 11 is 0. The molecule has 0 amide bonds. The SMILES string of the molecule is C#CC.CCC.[HH].[HH].[HH]. The molecule has 0 saturated carbocycles. The fraction of sp³-hybridized carbons (Fsp3) is 0.667. The molecule has 0 aromatic carbocycles. The molecule has 0 rings (SSSR count). The molecule has 0 atom stereocenters. The lowest BCUT2D eigenvalue weighted by molar-refractivity contribution is 1.09. The Balaban J connectivity index is -0.00000000889. The first kappa shape index (κ1) is 9.12. The van der Waals surface area contributed by atoms with E-state index in [-0.39, 0.29) is 4.28 Å². The topological polar surface area (TPSA) is 0 Å². The van der Waals surface area contributed by atoms with Crippen molar-refractivity contribution in [1.82, 2.24) is 0 Å². The normalized spacial score (nSPS) is 4.33. The second-order valence-corrected chi connectivity index (χ2v) is 0.996. The van der Waals surface area contributed by atoms with Crippen LogP contribution in [0.15, 0.2) is 0 Å². The van der Waals surface area contributed by atoms with Gasteiger partial charge in [-0.25, -0.2) is 0 Å². The van der Waals surface area contributed by atoms with E-state index in [2.05, 4.69) is 26.2 Å². The Kier molecular flexibility index (Phi) is 36.1. The van der Waals surface area contributed by atoms with E-state index in [0.29, 0.717) is 0 Å². The predicted octanol–water partition coefficient (Wildman–Crippen LogP) is 2.79. The summed E-state index contributed by atoms with van der Waals surface area (Å²) in [6.45, 7) is 5.90. The van der Waals surface area contributed by atoms with Crippen LogP contribution in [0.1, 0.15) is 31.5 Å². The average Bonchev–Trinajstić information content (AvgIpc) is 1.39. The standard InChI is InChI=1S/C3H8.C3H4.3H2/c2*1-3-2;;;/h3H2,1-2H3;1H,2H3;3*1H. The third-order valence-corrected chi connectivity index (χ3v) is 0. The van der Waals surface area contributed by atoms with E-state index in [9.17, 15) is 0 Å². The molecule has 0 nitrogen and oxygen atoms in total. The number of hydrogen-bond acceptors (Lipinski definition) is 0. The first-order chi connectivity index (χ1) is 2.83. The van der Waals surface area contributed by atoms with Gasteiger partial charge in [0, 0.05) is 4.28 Å². The molecule has 0 aliphatic rings. The van der Waals surface area contributed by atoms with Crippen molar-refractivity contribution in [2.75, 3.05) is 0 Å². The van der Waals surface area contributed by atoms with Gasteiger partial charge >= 0.3 is 0 Å². The molecule has 0 aromatic heterocycles. The van der Waals surface area contributed by atoms with Crippen molar-refractivity contribution in [3.8, 4) is 12.3 Å². The minimum atomic E-state index is 0. The zero-order chi connectivity index (χ0) is 5.41. The van der Waals surface area contributed by atoms with Crippen LogP contribution in [0.5, 0.6) is 0 Å². The van der Waals surface area contributed by atoms with E-state index < -0.39 is 0 Å². The Morgan fingerprint density at radius 2 is 1.67 bits per heavy atom. The van der Waals surface area contributed by atoms with E-state index in [4.69, 9.17) is 0 Å². The molecule has 0 aromatic rings. The molecule has 0 aliphatic heterocycles. The molecule has 0 saturated heterocycles. The fourth-order valence-corrected chi connectivity index (χ4v) is 0. The molecule has 0 fully saturated rings. The summed E-state index contributed by atoms with van der Waals surface area (Å²) in [5.41, 5.74) is 0. The van der Waals surface area contributed by atoms with Crippen LogP contribution < -0.4 is 0 Å². The van der Waals surface area contributed by atoms with E-state index in [1.54, 1.807) is 6.92 Å². The lowest BCUT2D eigenvalue weighted by atomic mass is 10.6. The Labute approximate surface area is 45.0 Å². The second kappa shape index (κ2) is 23.7. The summed E-state index contributed by atoms with van der Waals surface area (Å²) in [6.07, 6.45) is 5.85. The van der Waals surface area contributed by atoms with Gasteiger partial charge in [0.25, 0.3) is 0 Å². The molecule has 0 spiro atoms. The molecule has 6 heavy (non-hydrogen) atoms. The van der Waals surface area contributed by atoms with Crippen molar-refractivity contribution in [3.05, 3.63) is 0 Å². The van der Waals surface area contributed by atoms with E-state index >= 15 is 0 Å². The van der Waals surface area contributed by atoms with Crippen molar-refractivity contribution in [2.45, 2.75) is 27.2 Å². The molecule has 0 unspecified atom stereocenters. The number of terminal acetylenes is 1. The minimum Gasteiger partial charge on any atom is -0.120 e. The quantitative estimate of drug-likeness (QED) is 0.401. The molecular weight excluding hydrogens is 72.1 g/mol. The Hall–Kier alpha value is -0.440. The summed E-state index contributed by atoms with van der Waals surface area (Å²) in [5, 5.41) is 0. The third-order valence-electron chi connectivity index (χ3n) is 0. The maximum atomic E-state index is 4.60. The maximum Gasteiger partial charge on any atom is 0 e. The van der Waals surface area contributed by atoms with Crippen LogP contribution in [-0.2, 0) is 0 Å². The van der Waals surface area contributed by atoms with Crippen molar-refractivity contribution in [1.29, 1.82) is 0 Å². The average molecular weight is 90.2 g/mol. The maximum absolute atomic E-state index is 4.60. The van der Waals surface area contributed by atoms with Crippen LogP contribution in [-0.4, -0.2) is 0 Å². The van der Waals surface area contributed by atoms with Gasteiger partial charge in [0.05, 0.1) is 0 Å². The molecule has 0 heterocycles. The van der Waals surface area contributed by atoms with Crippen molar-refractivity contribution < 1.29 is 4.28 Å². The monoisotopic (exact) mass is 90.1 g/mol. The van der Waals surface area contributed by atoms with Crippen LogP contribution in [0.2, 0.25) is 0 Å². The van der Waals surface area contributed by atoms with Gasteiger partial charge in [-0.2, -0.15) is 0 Å². The van der Waals surface area contributed by atoms with Gasteiger partial charge in [-0.3, -0.25) is 0 Å². The Morgan fingerprint density at radius 1 is 1.67 bits per heavy atom.